The van der Waals surface area contributed by atoms with E-state index < -0.39 is 48.9 Å². The third kappa shape index (κ3) is 3.37. The van der Waals surface area contributed by atoms with Crippen LogP contribution in [-0.4, -0.2) is 75.9 Å². The first kappa shape index (κ1) is 14.8. The first-order valence-corrected chi connectivity index (χ1v) is 5.24. The molecule has 0 saturated carbocycles. The molecule has 9 nitrogen and oxygen atoms in total. The Bertz CT molecular complexity index is 324. The van der Waals surface area contributed by atoms with Crippen molar-refractivity contribution >= 4 is 11.8 Å². The van der Waals surface area contributed by atoms with Gasteiger partial charge >= 0.3 is 0 Å². The molecule has 0 aliphatic carbocycles. The summed E-state index contributed by atoms with van der Waals surface area (Å²) in [6, 6.07) is 0. The number of aliphatic hydroxyl groups is 4. The molecule has 2 amide bonds. The van der Waals surface area contributed by atoms with Gasteiger partial charge in [0.15, 0.2) is 6.10 Å². The fourth-order valence-corrected chi connectivity index (χ4v) is 1.53. The van der Waals surface area contributed by atoms with Crippen LogP contribution in [0.2, 0.25) is 0 Å². The van der Waals surface area contributed by atoms with Gasteiger partial charge in [-0.1, -0.05) is 0 Å². The summed E-state index contributed by atoms with van der Waals surface area (Å²) in [5.74, 6) is -1.77. The van der Waals surface area contributed by atoms with Gasteiger partial charge in [0.05, 0.1) is 13.2 Å². The van der Waals surface area contributed by atoms with Crippen LogP contribution >= 0.6 is 0 Å². The Morgan fingerprint density at radius 3 is 2.50 bits per heavy atom. The Labute approximate surface area is 102 Å². The minimum Gasteiger partial charge on any atom is -0.388 e. The molecule has 5 atom stereocenters. The molecule has 0 aromatic heterocycles. The molecule has 1 heterocycles. The number of nitrogens with two attached hydrogens (primary N) is 1. The Hall–Kier alpha value is -1.26. The van der Waals surface area contributed by atoms with Gasteiger partial charge in [0.1, 0.15) is 24.4 Å². The zero-order valence-electron chi connectivity index (χ0n) is 9.39. The van der Waals surface area contributed by atoms with Crippen molar-refractivity contribution in [3.8, 4) is 0 Å². The minimum absolute atomic E-state index is 0.330. The molecule has 1 fully saturated rings. The standard InChI is InChI=1S/C9H16N2O7/c10-4(13)1-11-9(17)7(16)8-6(15)5(14)3(12)2-18-8/h3,5-8,12,14-16H,1-2H2,(H2,10,13)(H,11,17)/t3-,5+,6-,7?,8?/m1/s1. The van der Waals surface area contributed by atoms with Gasteiger partial charge in [0.2, 0.25) is 5.91 Å². The maximum Gasteiger partial charge on any atom is 0.252 e. The van der Waals surface area contributed by atoms with E-state index in [1.807, 2.05) is 5.32 Å². The van der Waals surface area contributed by atoms with Gasteiger partial charge < -0.3 is 36.2 Å². The van der Waals surface area contributed by atoms with E-state index in [9.17, 15) is 30.0 Å². The van der Waals surface area contributed by atoms with Crippen molar-refractivity contribution in [2.75, 3.05) is 13.2 Å². The number of hydrogen-bond donors (Lipinski definition) is 6. The number of amides is 2. The first-order chi connectivity index (χ1) is 8.34. The van der Waals surface area contributed by atoms with Crippen molar-refractivity contribution in [1.29, 1.82) is 0 Å². The highest BCUT2D eigenvalue weighted by Gasteiger charge is 2.43. The molecule has 0 bridgehead atoms. The summed E-state index contributed by atoms with van der Waals surface area (Å²) in [4.78, 5) is 21.8. The molecule has 1 saturated heterocycles. The molecule has 0 aromatic rings. The number of carbonyl (C=O) groups excluding carboxylic acids is 2. The van der Waals surface area contributed by atoms with Crippen molar-refractivity contribution in [3.05, 3.63) is 0 Å². The van der Waals surface area contributed by atoms with Crippen LogP contribution in [0.5, 0.6) is 0 Å². The number of hydrogen-bond acceptors (Lipinski definition) is 7. The second kappa shape index (κ2) is 6.07. The molecule has 1 rings (SSSR count). The third-order valence-corrected chi connectivity index (χ3v) is 2.56. The molecule has 18 heavy (non-hydrogen) atoms. The SMILES string of the molecule is NC(=O)CNC(=O)C(O)C1OC[C@@H](O)[C@H](O)[C@H]1O. The summed E-state index contributed by atoms with van der Waals surface area (Å²) in [6.07, 6.45) is -7.62. The molecule has 1 aliphatic rings. The van der Waals surface area contributed by atoms with Crippen molar-refractivity contribution in [3.63, 3.8) is 0 Å². The third-order valence-electron chi connectivity index (χ3n) is 2.56. The fraction of sp³-hybridized carbons (Fsp3) is 0.778. The van der Waals surface area contributed by atoms with Crippen LogP contribution in [0.15, 0.2) is 0 Å². The highest BCUT2D eigenvalue weighted by Crippen LogP contribution is 2.18. The van der Waals surface area contributed by atoms with E-state index in [1.165, 1.54) is 0 Å². The molecular weight excluding hydrogens is 248 g/mol. The lowest BCUT2D eigenvalue weighted by atomic mass is 9.96. The monoisotopic (exact) mass is 264 g/mol. The van der Waals surface area contributed by atoms with Crippen LogP contribution in [0.1, 0.15) is 0 Å². The molecular formula is C9H16N2O7. The van der Waals surface area contributed by atoms with Gasteiger partial charge in [-0.25, -0.2) is 0 Å². The summed E-state index contributed by atoms with van der Waals surface area (Å²) in [6.45, 7) is -0.799. The van der Waals surface area contributed by atoms with E-state index >= 15 is 0 Å². The van der Waals surface area contributed by atoms with Crippen molar-refractivity contribution in [2.45, 2.75) is 30.5 Å². The van der Waals surface area contributed by atoms with Gasteiger partial charge in [0, 0.05) is 0 Å². The van der Waals surface area contributed by atoms with E-state index in [-0.39, 0.29) is 6.61 Å². The smallest absolute Gasteiger partial charge is 0.252 e. The van der Waals surface area contributed by atoms with E-state index in [0.29, 0.717) is 0 Å². The summed E-state index contributed by atoms with van der Waals surface area (Å²) in [5.41, 5.74) is 4.80. The van der Waals surface area contributed by atoms with Crippen LogP contribution < -0.4 is 11.1 Å². The van der Waals surface area contributed by atoms with Crippen LogP contribution in [0.3, 0.4) is 0 Å². The number of carbonyl (C=O) groups is 2. The Morgan fingerprint density at radius 2 is 1.94 bits per heavy atom. The van der Waals surface area contributed by atoms with E-state index in [2.05, 4.69) is 0 Å². The highest BCUT2D eigenvalue weighted by molar-refractivity contribution is 5.86. The predicted molar refractivity (Wildman–Crippen MR) is 56.0 cm³/mol. The quantitative estimate of drug-likeness (QED) is 0.297. The number of ether oxygens (including phenoxy) is 1. The maximum atomic E-state index is 11.4. The van der Waals surface area contributed by atoms with E-state index in [0.717, 1.165) is 0 Å². The van der Waals surface area contributed by atoms with Crippen LogP contribution in [0.25, 0.3) is 0 Å². The number of aliphatic hydroxyl groups excluding tert-OH is 4. The number of nitrogens with one attached hydrogen (secondary N) is 1. The van der Waals surface area contributed by atoms with Crippen LogP contribution in [-0.2, 0) is 14.3 Å². The lowest BCUT2D eigenvalue weighted by Gasteiger charge is -2.36. The molecule has 0 aromatic carbocycles. The first-order valence-electron chi connectivity index (χ1n) is 5.24. The van der Waals surface area contributed by atoms with E-state index in [4.69, 9.17) is 10.5 Å². The molecule has 9 heteroatoms. The van der Waals surface area contributed by atoms with Crippen molar-refractivity contribution < 1.29 is 34.8 Å². The summed E-state index contributed by atoms with van der Waals surface area (Å²) >= 11 is 0. The summed E-state index contributed by atoms with van der Waals surface area (Å²) in [7, 11) is 0. The van der Waals surface area contributed by atoms with Crippen LogP contribution in [0.4, 0.5) is 0 Å². The summed E-state index contributed by atoms with van der Waals surface area (Å²) < 4.78 is 4.88. The Kier molecular flexibility index (Phi) is 4.99. The normalized spacial score (nSPS) is 33.8. The van der Waals surface area contributed by atoms with Gasteiger partial charge in [-0.3, -0.25) is 9.59 Å². The van der Waals surface area contributed by atoms with Gasteiger partial charge in [0.25, 0.3) is 5.91 Å². The zero-order valence-corrected chi connectivity index (χ0v) is 9.39. The van der Waals surface area contributed by atoms with Crippen molar-refractivity contribution in [1.82, 2.24) is 5.32 Å². The Morgan fingerprint density at radius 1 is 1.33 bits per heavy atom. The predicted octanol–water partition coefficient (Wildman–Crippen LogP) is -4.57. The zero-order chi connectivity index (χ0) is 13.9. The molecule has 2 unspecified atom stereocenters. The molecule has 1 aliphatic heterocycles. The number of rotatable bonds is 4. The fourth-order valence-electron chi connectivity index (χ4n) is 1.53. The molecule has 7 N–H and O–H groups in total. The van der Waals surface area contributed by atoms with Gasteiger partial charge in [-0.05, 0) is 0 Å². The molecule has 0 radical (unpaired) electrons. The van der Waals surface area contributed by atoms with Crippen molar-refractivity contribution in [2.24, 2.45) is 5.73 Å². The number of primary amides is 1. The maximum absolute atomic E-state index is 11.4. The Balaban J connectivity index is 2.57. The molecule has 0 spiro atoms. The second-order valence-corrected chi connectivity index (χ2v) is 3.98. The van der Waals surface area contributed by atoms with Gasteiger partial charge in [-0.15, -0.1) is 0 Å². The lowest BCUT2D eigenvalue weighted by Crippen LogP contribution is -2.59. The average molecular weight is 264 g/mol. The largest absolute Gasteiger partial charge is 0.388 e. The minimum atomic E-state index is -1.79. The average Bonchev–Trinajstić information content (AvgIpc) is 2.32. The lowest BCUT2D eigenvalue weighted by molar-refractivity contribution is -0.211. The van der Waals surface area contributed by atoms with E-state index in [1.54, 1.807) is 0 Å². The van der Waals surface area contributed by atoms with Crippen LogP contribution in [0, 0.1) is 0 Å². The topological polar surface area (TPSA) is 162 Å². The molecule has 104 valence electrons. The second-order valence-electron chi connectivity index (χ2n) is 3.98. The van der Waals surface area contributed by atoms with Gasteiger partial charge in [-0.2, -0.15) is 0 Å². The highest BCUT2D eigenvalue weighted by atomic mass is 16.5. The summed E-state index contributed by atoms with van der Waals surface area (Å²) in [5, 5.41) is 39.7.